The molecule has 0 bridgehead atoms. The van der Waals surface area contributed by atoms with E-state index in [0.29, 0.717) is 6.04 Å². The van der Waals surface area contributed by atoms with Gasteiger partial charge in [0.25, 0.3) is 0 Å². The van der Waals surface area contributed by atoms with Gasteiger partial charge < -0.3 is 5.41 Å². The predicted molar refractivity (Wildman–Crippen MR) is 32.7 cm³/mol. The molecule has 0 aromatic heterocycles. The predicted octanol–water partition coefficient (Wildman–Crippen LogP) is 0.869. The molecule has 42 valence electrons. The van der Waals surface area contributed by atoms with Crippen LogP contribution in [0.25, 0.3) is 0 Å². The number of rotatable bonds is 1. The maximum atomic E-state index is 6.85. The Bertz CT molecular complexity index is 160. The maximum Gasteiger partial charge on any atom is 0.0539 e. The van der Waals surface area contributed by atoms with Gasteiger partial charge in [-0.2, -0.15) is 0 Å². The molecule has 0 aromatic carbocycles. The summed E-state index contributed by atoms with van der Waals surface area (Å²) in [5, 5.41) is 6.85. The van der Waals surface area contributed by atoms with Gasteiger partial charge in [0.05, 0.1) is 11.8 Å². The molecular formula is C6H8N2. The number of hydrogen-bond acceptors (Lipinski definition) is 2. The van der Waals surface area contributed by atoms with Crippen molar-refractivity contribution < 1.29 is 0 Å². The number of aliphatic imine (C=N–C) groups is 1. The van der Waals surface area contributed by atoms with Crippen molar-refractivity contribution in [1.82, 2.24) is 0 Å². The normalized spacial score (nSPS) is 40.8. The van der Waals surface area contributed by atoms with Crippen LogP contribution in [0.5, 0.6) is 0 Å². The van der Waals surface area contributed by atoms with Gasteiger partial charge in [-0.05, 0) is 18.8 Å². The first-order valence-electron chi connectivity index (χ1n) is 2.97. The second-order valence-electron chi connectivity index (χ2n) is 2.53. The molecule has 1 aliphatic heterocycles. The van der Waals surface area contributed by atoms with Crippen molar-refractivity contribution in [2.75, 3.05) is 0 Å². The zero-order chi connectivity index (χ0) is 5.56. The van der Waals surface area contributed by atoms with Gasteiger partial charge in [-0.1, -0.05) is 0 Å². The van der Waals surface area contributed by atoms with Crippen LogP contribution in [0.3, 0.4) is 0 Å². The topological polar surface area (TPSA) is 36.2 Å². The summed E-state index contributed by atoms with van der Waals surface area (Å²) < 4.78 is 0. The molecule has 0 aromatic rings. The third kappa shape index (κ3) is 0.427. The lowest BCUT2D eigenvalue weighted by molar-refractivity contribution is 0.896. The number of nitrogens with one attached hydrogen (secondary N) is 1. The SMILES string of the molecule is N=CC1=N[C@H]2C[C@H]2C1. The van der Waals surface area contributed by atoms with Crippen molar-refractivity contribution in [3.05, 3.63) is 0 Å². The van der Waals surface area contributed by atoms with Crippen LogP contribution in [-0.2, 0) is 0 Å². The van der Waals surface area contributed by atoms with Gasteiger partial charge in [0.1, 0.15) is 0 Å². The second-order valence-corrected chi connectivity index (χ2v) is 2.53. The molecule has 2 atom stereocenters. The number of fused-ring (bicyclic) bond motifs is 1. The minimum Gasteiger partial charge on any atom is -0.307 e. The molecule has 0 saturated heterocycles. The minimum atomic E-state index is 0.631. The molecular weight excluding hydrogens is 100 g/mol. The Kier molecular flexibility index (Phi) is 0.629. The van der Waals surface area contributed by atoms with Gasteiger partial charge >= 0.3 is 0 Å². The fourth-order valence-corrected chi connectivity index (χ4v) is 1.24. The average Bonchev–Trinajstić information content (AvgIpc) is 2.40. The molecule has 1 saturated carbocycles. The molecule has 2 heteroatoms. The lowest BCUT2D eigenvalue weighted by Crippen LogP contribution is -1.94. The highest BCUT2D eigenvalue weighted by atomic mass is 14.9. The summed E-state index contributed by atoms with van der Waals surface area (Å²) >= 11 is 0. The molecule has 1 aliphatic carbocycles. The first kappa shape index (κ1) is 4.24. The van der Waals surface area contributed by atoms with Crippen LogP contribution in [-0.4, -0.2) is 18.0 Å². The van der Waals surface area contributed by atoms with E-state index >= 15 is 0 Å². The summed E-state index contributed by atoms with van der Waals surface area (Å²) in [6.45, 7) is 0. The van der Waals surface area contributed by atoms with E-state index in [1.54, 1.807) is 0 Å². The molecule has 2 aliphatic rings. The fraction of sp³-hybridized carbons (Fsp3) is 0.667. The highest BCUT2D eigenvalue weighted by Crippen LogP contribution is 2.41. The molecule has 0 spiro atoms. The van der Waals surface area contributed by atoms with Crippen LogP contribution in [0.4, 0.5) is 0 Å². The largest absolute Gasteiger partial charge is 0.307 e. The maximum absolute atomic E-state index is 6.85. The lowest BCUT2D eigenvalue weighted by atomic mass is 10.2. The Morgan fingerprint density at radius 2 is 2.62 bits per heavy atom. The van der Waals surface area contributed by atoms with Gasteiger partial charge in [0, 0.05) is 6.21 Å². The van der Waals surface area contributed by atoms with Crippen molar-refractivity contribution in [3.8, 4) is 0 Å². The van der Waals surface area contributed by atoms with Crippen molar-refractivity contribution in [2.24, 2.45) is 10.9 Å². The van der Waals surface area contributed by atoms with Gasteiger partial charge in [-0.25, -0.2) is 0 Å². The summed E-state index contributed by atoms with van der Waals surface area (Å²) in [5.74, 6) is 0.839. The van der Waals surface area contributed by atoms with E-state index in [0.717, 1.165) is 18.1 Å². The Hall–Kier alpha value is -0.660. The quantitative estimate of drug-likeness (QED) is 0.484. The highest BCUT2D eigenvalue weighted by molar-refractivity contribution is 6.30. The second kappa shape index (κ2) is 1.19. The molecule has 1 heterocycles. The minimum absolute atomic E-state index is 0.631. The fourth-order valence-electron chi connectivity index (χ4n) is 1.24. The van der Waals surface area contributed by atoms with Gasteiger partial charge in [-0.15, -0.1) is 0 Å². The van der Waals surface area contributed by atoms with Crippen molar-refractivity contribution in [3.63, 3.8) is 0 Å². The van der Waals surface area contributed by atoms with Crippen LogP contribution in [0.2, 0.25) is 0 Å². The van der Waals surface area contributed by atoms with Gasteiger partial charge in [-0.3, -0.25) is 4.99 Å². The molecule has 8 heavy (non-hydrogen) atoms. The molecule has 0 unspecified atom stereocenters. The van der Waals surface area contributed by atoms with E-state index in [1.165, 1.54) is 12.6 Å². The smallest absolute Gasteiger partial charge is 0.0539 e. The third-order valence-corrected chi connectivity index (χ3v) is 1.85. The van der Waals surface area contributed by atoms with E-state index in [4.69, 9.17) is 5.41 Å². The van der Waals surface area contributed by atoms with Crippen LogP contribution in [0, 0.1) is 11.3 Å². The molecule has 0 radical (unpaired) electrons. The average molecular weight is 108 g/mol. The van der Waals surface area contributed by atoms with E-state index in [-0.39, 0.29) is 0 Å². The van der Waals surface area contributed by atoms with Crippen LogP contribution >= 0.6 is 0 Å². The van der Waals surface area contributed by atoms with Crippen molar-refractivity contribution in [1.29, 1.82) is 5.41 Å². The standard InChI is InChI=1S/C6H8N2/c7-3-5-1-4-2-6(4)8-5/h3-4,6-7H,1-2H2/t4-,6+/m1/s1. The molecule has 2 rings (SSSR count). The Morgan fingerprint density at radius 1 is 1.75 bits per heavy atom. The summed E-state index contributed by atoms with van der Waals surface area (Å²) in [7, 11) is 0. The van der Waals surface area contributed by atoms with E-state index < -0.39 is 0 Å². The van der Waals surface area contributed by atoms with Gasteiger partial charge in [0.15, 0.2) is 0 Å². The molecule has 0 amide bonds. The first-order chi connectivity index (χ1) is 3.90. The zero-order valence-electron chi connectivity index (χ0n) is 4.59. The third-order valence-electron chi connectivity index (χ3n) is 1.85. The Labute approximate surface area is 48.1 Å². The summed E-state index contributed by atoms with van der Waals surface area (Å²) in [6.07, 6.45) is 3.75. The molecule has 2 nitrogen and oxygen atoms in total. The van der Waals surface area contributed by atoms with Gasteiger partial charge in [0.2, 0.25) is 0 Å². The van der Waals surface area contributed by atoms with Crippen LogP contribution in [0.15, 0.2) is 4.99 Å². The van der Waals surface area contributed by atoms with Crippen LogP contribution in [0.1, 0.15) is 12.8 Å². The molecule has 1 fully saturated rings. The van der Waals surface area contributed by atoms with E-state index in [9.17, 15) is 0 Å². The van der Waals surface area contributed by atoms with Crippen molar-refractivity contribution >= 4 is 11.9 Å². The van der Waals surface area contributed by atoms with E-state index in [2.05, 4.69) is 4.99 Å². The van der Waals surface area contributed by atoms with E-state index in [1.807, 2.05) is 0 Å². The summed E-state index contributed by atoms with van der Waals surface area (Å²) in [6, 6.07) is 0.631. The Morgan fingerprint density at radius 3 is 3.00 bits per heavy atom. The monoisotopic (exact) mass is 108 g/mol. The lowest BCUT2D eigenvalue weighted by Gasteiger charge is -1.86. The number of hydrogen-bond donors (Lipinski definition) is 1. The highest BCUT2D eigenvalue weighted by Gasteiger charge is 2.41. The summed E-state index contributed by atoms with van der Waals surface area (Å²) in [4.78, 5) is 4.25. The molecule has 1 N–H and O–H groups in total. The van der Waals surface area contributed by atoms with Crippen molar-refractivity contribution in [2.45, 2.75) is 18.9 Å². The Balaban J connectivity index is 2.17. The van der Waals surface area contributed by atoms with Crippen LogP contribution < -0.4 is 0 Å². The zero-order valence-corrected chi connectivity index (χ0v) is 4.59. The first-order valence-corrected chi connectivity index (χ1v) is 2.97. The summed E-state index contributed by atoms with van der Waals surface area (Å²) in [5.41, 5.74) is 1.01. The number of nitrogens with zero attached hydrogens (tertiary/aromatic N) is 1.